The minimum Gasteiger partial charge on any atom is -0.379 e. The van der Waals surface area contributed by atoms with Gasteiger partial charge in [0.05, 0.1) is 18.6 Å². The van der Waals surface area contributed by atoms with Gasteiger partial charge in [-0.1, -0.05) is 0 Å². The summed E-state index contributed by atoms with van der Waals surface area (Å²) in [4.78, 5) is 1.33. The van der Waals surface area contributed by atoms with Crippen LogP contribution in [0.4, 0.5) is 0 Å². The minimum absolute atomic E-state index is 0.109. The largest absolute Gasteiger partial charge is 0.379 e. The van der Waals surface area contributed by atoms with Crippen LogP contribution in [0.15, 0.2) is 15.9 Å². The summed E-state index contributed by atoms with van der Waals surface area (Å²) in [6.45, 7) is 1.53. The van der Waals surface area contributed by atoms with Gasteiger partial charge in [0, 0.05) is 20.6 Å². The second-order valence-corrected chi connectivity index (χ2v) is 5.13. The summed E-state index contributed by atoms with van der Waals surface area (Å²) in [6, 6.07) is 2.13. The molecule has 1 aliphatic rings. The monoisotopic (exact) mass is 266 g/mol. The standard InChI is InChI=1S/C8H8BrClOS/c9-6-1-7(12-2-6)8(3-10)4-11-5-8/h1-2H,3-5H2. The molecule has 1 aromatic heterocycles. The molecule has 0 amide bonds. The number of halogens is 2. The summed E-state index contributed by atoms with van der Waals surface area (Å²) < 4.78 is 6.34. The van der Waals surface area contributed by atoms with Crippen LogP contribution in [0.5, 0.6) is 0 Å². The van der Waals surface area contributed by atoms with Crippen molar-refractivity contribution in [2.24, 2.45) is 0 Å². The molecule has 1 aliphatic heterocycles. The molecular formula is C8H8BrClOS. The Labute approximate surface area is 88.8 Å². The average Bonchev–Trinajstić information content (AvgIpc) is 2.35. The van der Waals surface area contributed by atoms with E-state index in [4.69, 9.17) is 16.3 Å². The molecule has 0 aromatic carbocycles. The first-order valence-corrected chi connectivity index (χ1v) is 5.86. The Morgan fingerprint density at radius 1 is 1.67 bits per heavy atom. The maximum Gasteiger partial charge on any atom is 0.0649 e. The summed E-state index contributed by atoms with van der Waals surface area (Å²) in [5.74, 6) is 0.653. The summed E-state index contributed by atoms with van der Waals surface area (Å²) >= 11 is 11.1. The molecule has 12 heavy (non-hydrogen) atoms. The van der Waals surface area contributed by atoms with Crippen molar-refractivity contribution in [3.8, 4) is 0 Å². The number of hydrogen-bond acceptors (Lipinski definition) is 2. The Morgan fingerprint density at radius 2 is 2.42 bits per heavy atom. The lowest BCUT2D eigenvalue weighted by molar-refractivity contribution is -0.0461. The Balaban J connectivity index is 2.27. The molecule has 4 heteroatoms. The average molecular weight is 268 g/mol. The number of thiophene rings is 1. The molecule has 0 N–H and O–H groups in total. The van der Waals surface area contributed by atoms with Crippen molar-refractivity contribution < 1.29 is 4.74 Å². The zero-order valence-electron chi connectivity index (χ0n) is 6.35. The van der Waals surface area contributed by atoms with E-state index in [0.29, 0.717) is 5.88 Å². The first-order valence-electron chi connectivity index (χ1n) is 3.65. The van der Waals surface area contributed by atoms with E-state index in [1.807, 2.05) is 0 Å². The quantitative estimate of drug-likeness (QED) is 0.749. The SMILES string of the molecule is ClCC1(c2cc(Br)cs2)COC1. The molecule has 0 radical (unpaired) electrons. The van der Waals surface area contributed by atoms with Crippen LogP contribution in [-0.2, 0) is 10.2 Å². The van der Waals surface area contributed by atoms with Crippen LogP contribution in [0.25, 0.3) is 0 Å². The van der Waals surface area contributed by atoms with Crippen molar-refractivity contribution >= 4 is 38.9 Å². The fraction of sp³-hybridized carbons (Fsp3) is 0.500. The van der Waals surface area contributed by atoms with E-state index in [-0.39, 0.29) is 5.41 Å². The zero-order chi connectivity index (χ0) is 8.60. The second-order valence-electron chi connectivity index (χ2n) is 3.04. The fourth-order valence-electron chi connectivity index (χ4n) is 1.22. The van der Waals surface area contributed by atoms with Crippen molar-refractivity contribution in [1.82, 2.24) is 0 Å². The van der Waals surface area contributed by atoms with E-state index in [2.05, 4.69) is 27.4 Å². The normalized spacial score (nSPS) is 20.5. The molecule has 0 saturated carbocycles. The highest BCUT2D eigenvalue weighted by atomic mass is 79.9. The second kappa shape index (κ2) is 3.29. The van der Waals surface area contributed by atoms with Crippen LogP contribution in [0, 0.1) is 0 Å². The van der Waals surface area contributed by atoms with Gasteiger partial charge >= 0.3 is 0 Å². The summed E-state index contributed by atoms with van der Waals surface area (Å²) in [6.07, 6.45) is 0. The van der Waals surface area contributed by atoms with Gasteiger partial charge < -0.3 is 4.74 Å². The summed E-state index contributed by atoms with van der Waals surface area (Å²) in [7, 11) is 0. The van der Waals surface area contributed by atoms with Crippen LogP contribution in [0.3, 0.4) is 0 Å². The van der Waals surface area contributed by atoms with Gasteiger partial charge in [-0.3, -0.25) is 0 Å². The molecule has 66 valence electrons. The zero-order valence-corrected chi connectivity index (χ0v) is 9.51. The molecule has 0 bridgehead atoms. The van der Waals surface area contributed by atoms with Crippen LogP contribution in [0.2, 0.25) is 0 Å². The van der Waals surface area contributed by atoms with Crippen molar-refractivity contribution in [3.63, 3.8) is 0 Å². The van der Waals surface area contributed by atoms with E-state index in [9.17, 15) is 0 Å². The van der Waals surface area contributed by atoms with Crippen LogP contribution in [0.1, 0.15) is 4.88 Å². The van der Waals surface area contributed by atoms with Crippen molar-refractivity contribution in [1.29, 1.82) is 0 Å². The highest BCUT2D eigenvalue weighted by Crippen LogP contribution is 2.38. The molecular weight excluding hydrogens is 260 g/mol. The van der Waals surface area contributed by atoms with Gasteiger partial charge in [-0.25, -0.2) is 0 Å². The van der Waals surface area contributed by atoms with E-state index in [0.717, 1.165) is 17.7 Å². The minimum atomic E-state index is 0.109. The lowest BCUT2D eigenvalue weighted by Crippen LogP contribution is -2.47. The van der Waals surface area contributed by atoms with E-state index < -0.39 is 0 Å². The smallest absolute Gasteiger partial charge is 0.0649 e. The summed E-state index contributed by atoms with van der Waals surface area (Å²) in [5.41, 5.74) is 0.109. The molecule has 1 aromatic rings. The Kier molecular flexibility index (Phi) is 2.47. The topological polar surface area (TPSA) is 9.23 Å². The number of hydrogen-bond donors (Lipinski definition) is 0. The van der Waals surface area contributed by atoms with Gasteiger partial charge in [-0.15, -0.1) is 22.9 Å². The van der Waals surface area contributed by atoms with Crippen molar-refractivity contribution in [2.75, 3.05) is 19.1 Å². The predicted octanol–water partition coefficient (Wildman–Crippen LogP) is 3.02. The van der Waals surface area contributed by atoms with Crippen molar-refractivity contribution in [2.45, 2.75) is 5.41 Å². The molecule has 2 heterocycles. The highest BCUT2D eigenvalue weighted by molar-refractivity contribution is 9.10. The number of rotatable bonds is 2. The molecule has 1 fully saturated rings. The van der Waals surface area contributed by atoms with E-state index >= 15 is 0 Å². The molecule has 0 atom stereocenters. The van der Waals surface area contributed by atoms with Gasteiger partial charge in [-0.2, -0.15) is 0 Å². The highest BCUT2D eigenvalue weighted by Gasteiger charge is 2.40. The van der Waals surface area contributed by atoms with Gasteiger partial charge in [0.1, 0.15) is 0 Å². The van der Waals surface area contributed by atoms with Crippen molar-refractivity contribution in [3.05, 3.63) is 20.8 Å². The van der Waals surface area contributed by atoms with E-state index in [1.165, 1.54) is 4.88 Å². The molecule has 1 saturated heterocycles. The first-order chi connectivity index (χ1) is 5.77. The van der Waals surface area contributed by atoms with Crippen LogP contribution in [-0.4, -0.2) is 19.1 Å². The molecule has 0 unspecified atom stereocenters. The lowest BCUT2D eigenvalue weighted by atomic mass is 9.87. The molecule has 0 spiro atoms. The van der Waals surface area contributed by atoms with Gasteiger partial charge in [-0.05, 0) is 22.0 Å². The molecule has 2 rings (SSSR count). The number of alkyl halides is 1. The van der Waals surface area contributed by atoms with Gasteiger partial charge in [0.25, 0.3) is 0 Å². The Morgan fingerprint density at radius 3 is 2.75 bits per heavy atom. The molecule has 1 nitrogen and oxygen atoms in total. The Bertz CT molecular complexity index is 277. The molecule has 0 aliphatic carbocycles. The third kappa shape index (κ3) is 1.33. The predicted molar refractivity (Wildman–Crippen MR) is 55.2 cm³/mol. The van der Waals surface area contributed by atoms with Gasteiger partial charge in [0.15, 0.2) is 0 Å². The third-order valence-corrected chi connectivity index (χ3v) is 4.55. The van der Waals surface area contributed by atoms with Crippen LogP contribution >= 0.6 is 38.9 Å². The lowest BCUT2D eigenvalue weighted by Gasteiger charge is -2.39. The summed E-state index contributed by atoms with van der Waals surface area (Å²) in [5, 5.41) is 2.09. The maximum absolute atomic E-state index is 5.92. The van der Waals surface area contributed by atoms with E-state index in [1.54, 1.807) is 11.3 Å². The maximum atomic E-state index is 5.92. The Hall–Kier alpha value is 0.430. The number of ether oxygens (including phenoxy) is 1. The fourth-order valence-corrected chi connectivity index (χ4v) is 3.21. The third-order valence-electron chi connectivity index (χ3n) is 2.10. The van der Waals surface area contributed by atoms with Crippen LogP contribution < -0.4 is 0 Å². The van der Waals surface area contributed by atoms with Gasteiger partial charge in [0.2, 0.25) is 0 Å². The first kappa shape index (κ1) is 9.00.